The lowest BCUT2D eigenvalue weighted by Gasteiger charge is -2.24. The third kappa shape index (κ3) is 2.70. The molecule has 1 heterocycles. The van der Waals surface area contributed by atoms with Gasteiger partial charge in [0.05, 0.1) is 0 Å². The van der Waals surface area contributed by atoms with Crippen molar-refractivity contribution in [2.75, 3.05) is 0 Å². The van der Waals surface area contributed by atoms with Crippen LogP contribution in [0.15, 0.2) is 30.5 Å². The molecule has 20 heavy (non-hydrogen) atoms. The lowest BCUT2D eigenvalue weighted by Crippen LogP contribution is -2.24. The Morgan fingerprint density at radius 2 is 1.80 bits per heavy atom. The van der Waals surface area contributed by atoms with Crippen LogP contribution < -0.4 is 5.73 Å². The molecule has 0 bridgehead atoms. The molecule has 1 aromatic carbocycles. The molecule has 1 atom stereocenters. The summed E-state index contributed by atoms with van der Waals surface area (Å²) in [6, 6.07) is 6.37. The fourth-order valence-electron chi connectivity index (χ4n) is 2.22. The van der Waals surface area contributed by atoms with Crippen molar-refractivity contribution in [1.82, 2.24) is 9.97 Å². The van der Waals surface area contributed by atoms with E-state index in [4.69, 9.17) is 5.73 Å². The molecule has 106 valence electrons. The summed E-state index contributed by atoms with van der Waals surface area (Å²) in [6.45, 7) is 7.90. The maximum Gasteiger partial charge on any atom is 0.138 e. The van der Waals surface area contributed by atoms with Gasteiger partial charge >= 0.3 is 0 Å². The molecule has 0 aliphatic heterocycles. The highest BCUT2D eigenvalue weighted by Gasteiger charge is 2.27. The summed E-state index contributed by atoms with van der Waals surface area (Å²) >= 11 is 0. The Labute approximate surface area is 119 Å². The number of nitrogens with zero attached hydrogens (tertiary/aromatic N) is 2. The molecule has 0 radical (unpaired) electrons. The van der Waals surface area contributed by atoms with Crippen molar-refractivity contribution in [2.45, 2.75) is 39.2 Å². The molecule has 0 saturated carbocycles. The molecule has 1 aromatic heterocycles. The fourth-order valence-corrected chi connectivity index (χ4v) is 2.22. The van der Waals surface area contributed by atoms with Crippen molar-refractivity contribution < 1.29 is 4.39 Å². The van der Waals surface area contributed by atoms with Gasteiger partial charge < -0.3 is 5.73 Å². The van der Waals surface area contributed by atoms with Gasteiger partial charge in [-0.3, -0.25) is 0 Å². The van der Waals surface area contributed by atoms with Crippen molar-refractivity contribution in [3.63, 3.8) is 0 Å². The van der Waals surface area contributed by atoms with Crippen LogP contribution in [0.3, 0.4) is 0 Å². The molecule has 0 aliphatic rings. The van der Waals surface area contributed by atoms with E-state index in [-0.39, 0.29) is 17.3 Å². The van der Waals surface area contributed by atoms with Gasteiger partial charge in [-0.25, -0.2) is 14.4 Å². The van der Waals surface area contributed by atoms with Crippen molar-refractivity contribution in [3.05, 3.63) is 58.9 Å². The second-order valence-electron chi connectivity index (χ2n) is 5.65. The van der Waals surface area contributed by atoms with E-state index in [0.717, 1.165) is 16.8 Å². The summed E-state index contributed by atoms with van der Waals surface area (Å²) in [5.41, 5.74) is 8.32. The number of rotatable bonds is 3. The van der Waals surface area contributed by atoms with Crippen LogP contribution in [-0.2, 0) is 5.41 Å². The normalized spacial score (nSPS) is 13.3. The van der Waals surface area contributed by atoms with E-state index >= 15 is 0 Å². The molecule has 2 aromatic rings. The monoisotopic (exact) mass is 273 g/mol. The summed E-state index contributed by atoms with van der Waals surface area (Å²) < 4.78 is 13.0. The molecule has 0 fully saturated rings. The van der Waals surface area contributed by atoms with Gasteiger partial charge in [0.25, 0.3) is 0 Å². The second-order valence-corrected chi connectivity index (χ2v) is 5.65. The van der Waals surface area contributed by atoms with Crippen LogP contribution in [0.1, 0.15) is 49.5 Å². The number of benzene rings is 1. The zero-order valence-corrected chi connectivity index (χ0v) is 12.3. The Hall–Kier alpha value is -1.81. The van der Waals surface area contributed by atoms with Crippen LogP contribution in [0.5, 0.6) is 0 Å². The third-order valence-electron chi connectivity index (χ3n) is 3.63. The lowest BCUT2D eigenvalue weighted by atomic mass is 9.83. The third-order valence-corrected chi connectivity index (χ3v) is 3.63. The number of hydrogen-bond donors (Lipinski definition) is 1. The smallest absolute Gasteiger partial charge is 0.138 e. The number of hydrogen-bond acceptors (Lipinski definition) is 3. The first-order valence-corrected chi connectivity index (χ1v) is 6.68. The molecule has 0 amide bonds. The first-order chi connectivity index (χ1) is 9.32. The van der Waals surface area contributed by atoms with Crippen molar-refractivity contribution in [1.29, 1.82) is 0 Å². The summed E-state index contributed by atoms with van der Waals surface area (Å²) in [6.07, 6.45) is 1.79. The minimum Gasteiger partial charge on any atom is -0.324 e. The maximum absolute atomic E-state index is 13.0. The minimum absolute atomic E-state index is 0.0852. The van der Waals surface area contributed by atoms with Crippen LogP contribution in [0, 0.1) is 12.7 Å². The van der Waals surface area contributed by atoms with E-state index in [1.807, 2.05) is 27.7 Å². The first kappa shape index (κ1) is 14.6. The van der Waals surface area contributed by atoms with Gasteiger partial charge in [-0.1, -0.05) is 12.1 Å². The lowest BCUT2D eigenvalue weighted by molar-refractivity contribution is 0.577. The highest BCUT2D eigenvalue weighted by Crippen LogP contribution is 2.29. The molecule has 0 saturated heterocycles. The van der Waals surface area contributed by atoms with Crippen LogP contribution in [0.4, 0.5) is 4.39 Å². The standard InChI is InChI=1S/C16H20FN3/c1-10(18)14-9-19-15(20-11(14)2)16(3,4)12-5-7-13(17)8-6-12/h5-10H,18H2,1-4H3/t10-/m0/s1. The molecular formula is C16H20FN3. The average molecular weight is 273 g/mol. The SMILES string of the molecule is Cc1nc(C(C)(C)c2ccc(F)cc2)ncc1[C@H](C)N. The topological polar surface area (TPSA) is 51.8 Å². The summed E-state index contributed by atoms with van der Waals surface area (Å²) in [5, 5.41) is 0. The van der Waals surface area contributed by atoms with E-state index in [0.29, 0.717) is 5.82 Å². The van der Waals surface area contributed by atoms with Crippen molar-refractivity contribution >= 4 is 0 Å². The van der Waals surface area contributed by atoms with E-state index in [2.05, 4.69) is 9.97 Å². The van der Waals surface area contributed by atoms with Crippen LogP contribution >= 0.6 is 0 Å². The van der Waals surface area contributed by atoms with Gasteiger partial charge in [-0.15, -0.1) is 0 Å². The summed E-state index contributed by atoms with van der Waals surface area (Å²) in [4.78, 5) is 9.03. The van der Waals surface area contributed by atoms with Crippen LogP contribution in [0.2, 0.25) is 0 Å². The molecule has 0 aliphatic carbocycles. The van der Waals surface area contributed by atoms with Crippen LogP contribution in [0.25, 0.3) is 0 Å². The zero-order valence-electron chi connectivity index (χ0n) is 12.3. The van der Waals surface area contributed by atoms with Gasteiger partial charge in [0, 0.05) is 28.9 Å². The van der Waals surface area contributed by atoms with Crippen molar-refractivity contribution in [2.24, 2.45) is 5.73 Å². The molecule has 0 unspecified atom stereocenters. The summed E-state index contributed by atoms with van der Waals surface area (Å²) in [7, 11) is 0. The Kier molecular flexibility index (Phi) is 3.86. The molecular weight excluding hydrogens is 253 g/mol. The molecule has 2 N–H and O–H groups in total. The predicted molar refractivity (Wildman–Crippen MR) is 77.9 cm³/mol. The van der Waals surface area contributed by atoms with E-state index < -0.39 is 0 Å². The van der Waals surface area contributed by atoms with E-state index in [9.17, 15) is 4.39 Å². The highest BCUT2D eigenvalue weighted by atomic mass is 19.1. The zero-order chi connectivity index (χ0) is 14.9. The molecule has 3 nitrogen and oxygen atoms in total. The van der Waals surface area contributed by atoms with Gasteiger partial charge in [-0.2, -0.15) is 0 Å². The number of aromatic nitrogens is 2. The highest BCUT2D eigenvalue weighted by molar-refractivity contribution is 5.32. The summed E-state index contributed by atoms with van der Waals surface area (Å²) in [5.74, 6) is 0.472. The largest absolute Gasteiger partial charge is 0.324 e. The van der Waals surface area contributed by atoms with E-state index in [1.165, 1.54) is 12.1 Å². The molecule has 2 rings (SSSR count). The number of halogens is 1. The Bertz CT molecular complexity index is 604. The maximum atomic E-state index is 13.0. The molecule has 4 heteroatoms. The quantitative estimate of drug-likeness (QED) is 0.933. The number of aryl methyl sites for hydroxylation is 1. The van der Waals surface area contributed by atoms with Crippen LogP contribution in [-0.4, -0.2) is 9.97 Å². The van der Waals surface area contributed by atoms with E-state index in [1.54, 1.807) is 18.3 Å². The van der Waals surface area contributed by atoms with Gasteiger partial charge in [-0.05, 0) is 45.4 Å². The Morgan fingerprint density at radius 1 is 1.20 bits per heavy atom. The van der Waals surface area contributed by atoms with Crippen molar-refractivity contribution in [3.8, 4) is 0 Å². The predicted octanol–water partition coefficient (Wildman–Crippen LogP) is 3.27. The second kappa shape index (κ2) is 5.29. The average Bonchev–Trinajstić information content (AvgIpc) is 2.38. The molecule has 0 spiro atoms. The van der Waals surface area contributed by atoms with Gasteiger partial charge in [0.15, 0.2) is 0 Å². The van der Waals surface area contributed by atoms with Gasteiger partial charge in [0.2, 0.25) is 0 Å². The first-order valence-electron chi connectivity index (χ1n) is 6.68. The Morgan fingerprint density at radius 3 is 2.30 bits per heavy atom. The number of nitrogens with two attached hydrogens (primary N) is 1. The minimum atomic E-state index is -0.380. The Balaban J connectivity index is 2.44. The fraction of sp³-hybridized carbons (Fsp3) is 0.375. The van der Waals surface area contributed by atoms with Gasteiger partial charge in [0.1, 0.15) is 11.6 Å².